The molecule has 1 rings (SSSR count). The van der Waals surface area contributed by atoms with E-state index in [1.165, 1.54) is 13.4 Å². The largest absolute Gasteiger partial charge is 0.367 e. The predicted molar refractivity (Wildman–Crippen MR) is 65.4 cm³/mol. The summed E-state index contributed by atoms with van der Waals surface area (Å²) in [6.07, 6.45) is 1.18. The van der Waals surface area contributed by atoms with E-state index in [0.717, 1.165) is 0 Å². The second kappa shape index (κ2) is 6.33. The summed E-state index contributed by atoms with van der Waals surface area (Å²) in [6.45, 7) is 2.19. The van der Waals surface area contributed by atoms with Gasteiger partial charge in [0.15, 0.2) is 0 Å². The van der Waals surface area contributed by atoms with Crippen molar-refractivity contribution in [3.8, 4) is 0 Å². The maximum atomic E-state index is 11.2. The van der Waals surface area contributed by atoms with Crippen LogP contribution in [0.2, 0.25) is 0 Å². The molecule has 1 aromatic rings. The van der Waals surface area contributed by atoms with Crippen molar-refractivity contribution in [1.29, 1.82) is 0 Å². The zero-order chi connectivity index (χ0) is 13.5. The van der Waals surface area contributed by atoms with Crippen molar-refractivity contribution in [3.63, 3.8) is 0 Å². The first-order chi connectivity index (χ1) is 8.60. The lowest BCUT2D eigenvalue weighted by atomic mass is 10.4. The lowest BCUT2D eigenvalue weighted by Gasteiger charge is -2.07. The van der Waals surface area contributed by atoms with Gasteiger partial charge in [-0.3, -0.25) is 14.9 Å². The van der Waals surface area contributed by atoms with Crippen LogP contribution in [0, 0.1) is 10.1 Å². The molecule has 18 heavy (non-hydrogen) atoms. The number of likely N-dealkylation sites (N-methyl/N-ethyl adjacent to an activating group) is 1. The van der Waals surface area contributed by atoms with Gasteiger partial charge in [0.05, 0.1) is 11.5 Å². The molecule has 0 aliphatic heterocycles. The molecule has 1 aromatic heterocycles. The average Bonchev–Trinajstić information content (AvgIpc) is 2.35. The van der Waals surface area contributed by atoms with Crippen LogP contribution in [-0.4, -0.2) is 40.9 Å². The van der Waals surface area contributed by atoms with Crippen LogP contribution in [0.3, 0.4) is 0 Å². The molecule has 0 aliphatic carbocycles. The molecule has 0 atom stereocenters. The van der Waals surface area contributed by atoms with Gasteiger partial charge >= 0.3 is 5.69 Å². The molecule has 0 spiro atoms. The number of amides is 1. The van der Waals surface area contributed by atoms with Crippen LogP contribution >= 0.6 is 0 Å². The molecule has 9 nitrogen and oxygen atoms in total. The number of carbonyl (C=O) groups is 1. The molecule has 0 saturated carbocycles. The van der Waals surface area contributed by atoms with Gasteiger partial charge in [-0.05, 0) is 6.92 Å². The van der Waals surface area contributed by atoms with E-state index in [1.54, 1.807) is 6.92 Å². The summed E-state index contributed by atoms with van der Waals surface area (Å²) in [6, 6.07) is 0. The Kier molecular flexibility index (Phi) is 4.78. The number of anilines is 2. The summed E-state index contributed by atoms with van der Waals surface area (Å²) in [5.41, 5.74) is -0.288. The minimum atomic E-state index is -0.605. The summed E-state index contributed by atoms with van der Waals surface area (Å²) in [5, 5.41) is 18.7. The standard InChI is InChI=1S/C9H14N6O3/c1-3-11-6(16)4-12-9-7(15(17)18)8(10-2)13-5-14-9/h5H,3-4H2,1-2H3,(H,11,16)(H2,10,12,13,14). The number of rotatable bonds is 6. The summed E-state index contributed by atoms with van der Waals surface area (Å²) in [4.78, 5) is 29.1. The molecule has 0 fully saturated rings. The van der Waals surface area contributed by atoms with Gasteiger partial charge in [-0.25, -0.2) is 9.97 Å². The third-order valence-electron chi connectivity index (χ3n) is 2.03. The molecule has 1 amide bonds. The smallest absolute Gasteiger partial charge is 0.353 e. The Morgan fingerprint density at radius 1 is 1.44 bits per heavy atom. The Balaban J connectivity index is 2.88. The van der Waals surface area contributed by atoms with Gasteiger partial charge in [-0.2, -0.15) is 0 Å². The van der Waals surface area contributed by atoms with Crippen molar-refractivity contribution in [2.45, 2.75) is 6.92 Å². The van der Waals surface area contributed by atoms with E-state index >= 15 is 0 Å². The molecule has 0 unspecified atom stereocenters. The number of nitrogens with zero attached hydrogens (tertiary/aromatic N) is 3. The van der Waals surface area contributed by atoms with Crippen molar-refractivity contribution >= 4 is 23.2 Å². The number of nitro groups is 1. The monoisotopic (exact) mass is 254 g/mol. The minimum Gasteiger partial charge on any atom is -0.367 e. The summed E-state index contributed by atoms with van der Waals surface area (Å²) >= 11 is 0. The van der Waals surface area contributed by atoms with E-state index in [0.29, 0.717) is 6.54 Å². The molecule has 0 saturated heterocycles. The van der Waals surface area contributed by atoms with Gasteiger partial charge < -0.3 is 16.0 Å². The Hall–Kier alpha value is -2.45. The van der Waals surface area contributed by atoms with Gasteiger partial charge in [0, 0.05) is 13.6 Å². The zero-order valence-corrected chi connectivity index (χ0v) is 10.1. The van der Waals surface area contributed by atoms with Gasteiger partial charge in [0.1, 0.15) is 6.33 Å². The fourth-order valence-electron chi connectivity index (χ4n) is 1.29. The Labute approximate surface area is 103 Å². The maximum absolute atomic E-state index is 11.2. The van der Waals surface area contributed by atoms with Crippen LogP contribution in [0.25, 0.3) is 0 Å². The molecule has 0 radical (unpaired) electrons. The predicted octanol–water partition coefficient (Wildman–Crippen LogP) is -0.0255. The van der Waals surface area contributed by atoms with E-state index < -0.39 is 4.92 Å². The molecular weight excluding hydrogens is 240 g/mol. The molecule has 0 aliphatic rings. The van der Waals surface area contributed by atoms with Crippen molar-refractivity contribution in [2.75, 3.05) is 30.8 Å². The van der Waals surface area contributed by atoms with Crippen molar-refractivity contribution in [2.24, 2.45) is 0 Å². The summed E-state index contributed by atoms with van der Waals surface area (Å²) in [5.74, 6) is -0.171. The number of nitrogens with one attached hydrogen (secondary N) is 3. The van der Waals surface area contributed by atoms with Gasteiger partial charge in [0.2, 0.25) is 17.5 Å². The Bertz CT molecular complexity index is 450. The van der Waals surface area contributed by atoms with Crippen molar-refractivity contribution < 1.29 is 9.72 Å². The molecule has 0 bridgehead atoms. The summed E-state index contributed by atoms with van der Waals surface area (Å²) < 4.78 is 0. The SMILES string of the molecule is CCNC(=O)CNc1ncnc(NC)c1[N+](=O)[O-]. The molecule has 98 valence electrons. The fourth-order valence-corrected chi connectivity index (χ4v) is 1.29. The van der Waals surface area contributed by atoms with E-state index in [9.17, 15) is 14.9 Å². The number of aromatic nitrogens is 2. The first-order valence-electron chi connectivity index (χ1n) is 5.27. The average molecular weight is 254 g/mol. The second-order valence-corrected chi connectivity index (χ2v) is 3.23. The highest BCUT2D eigenvalue weighted by Crippen LogP contribution is 2.27. The van der Waals surface area contributed by atoms with E-state index in [4.69, 9.17) is 0 Å². The van der Waals surface area contributed by atoms with Crippen LogP contribution in [0.15, 0.2) is 6.33 Å². The lowest BCUT2D eigenvalue weighted by Crippen LogP contribution is -2.29. The topological polar surface area (TPSA) is 122 Å². The molecule has 1 heterocycles. The molecule has 3 N–H and O–H groups in total. The third-order valence-corrected chi connectivity index (χ3v) is 2.03. The van der Waals surface area contributed by atoms with Crippen molar-refractivity contribution in [3.05, 3.63) is 16.4 Å². The molecule has 9 heteroatoms. The van der Waals surface area contributed by atoms with Crippen LogP contribution in [0.4, 0.5) is 17.3 Å². The van der Waals surface area contributed by atoms with Crippen LogP contribution in [-0.2, 0) is 4.79 Å². The normalized spacial score (nSPS) is 9.67. The first kappa shape index (κ1) is 13.6. The third kappa shape index (κ3) is 3.27. The lowest BCUT2D eigenvalue weighted by molar-refractivity contribution is -0.383. The van der Waals surface area contributed by atoms with E-state index in [2.05, 4.69) is 25.9 Å². The highest BCUT2D eigenvalue weighted by atomic mass is 16.6. The quantitative estimate of drug-likeness (QED) is 0.481. The van der Waals surface area contributed by atoms with Crippen molar-refractivity contribution in [1.82, 2.24) is 15.3 Å². The molecular formula is C9H14N6O3. The highest BCUT2D eigenvalue weighted by Gasteiger charge is 2.22. The number of hydrogen-bond acceptors (Lipinski definition) is 7. The zero-order valence-electron chi connectivity index (χ0n) is 10.1. The number of hydrogen-bond donors (Lipinski definition) is 3. The van der Waals surface area contributed by atoms with Crippen LogP contribution < -0.4 is 16.0 Å². The first-order valence-corrected chi connectivity index (χ1v) is 5.27. The number of carbonyl (C=O) groups excluding carboxylic acids is 1. The molecule has 0 aromatic carbocycles. The van der Waals surface area contributed by atoms with Gasteiger partial charge in [-0.15, -0.1) is 0 Å². The second-order valence-electron chi connectivity index (χ2n) is 3.23. The maximum Gasteiger partial charge on any atom is 0.353 e. The van der Waals surface area contributed by atoms with E-state index in [1.807, 2.05) is 0 Å². The van der Waals surface area contributed by atoms with Gasteiger partial charge in [0.25, 0.3) is 0 Å². The van der Waals surface area contributed by atoms with E-state index in [-0.39, 0.29) is 29.8 Å². The summed E-state index contributed by atoms with van der Waals surface area (Å²) in [7, 11) is 1.52. The van der Waals surface area contributed by atoms with Crippen LogP contribution in [0.5, 0.6) is 0 Å². The Morgan fingerprint density at radius 3 is 2.67 bits per heavy atom. The Morgan fingerprint density at radius 2 is 2.11 bits per heavy atom. The highest BCUT2D eigenvalue weighted by molar-refractivity contribution is 5.81. The van der Waals surface area contributed by atoms with Gasteiger partial charge in [-0.1, -0.05) is 0 Å². The minimum absolute atomic E-state index is 0.00519. The van der Waals surface area contributed by atoms with Crippen LogP contribution in [0.1, 0.15) is 6.92 Å². The fraction of sp³-hybridized carbons (Fsp3) is 0.444.